The van der Waals surface area contributed by atoms with Gasteiger partial charge < -0.3 is 21.1 Å². The molecule has 0 aliphatic carbocycles. The first-order valence-electron chi connectivity index (χ1n) is 5.47. The Morgan fingerprint density at radius 2 is 2.06 bits per heavy atom. The molecule has 1 atom stereocenters. The Hall–Kier alpha value is -1.14. The van der Waals surface area contributed by atoms with Crippen LogP contribution in [0.1, 0.15) is 19.8 Å². The topological polar surface area (TPSA) is 95.7 Å². The Morgan fingerprint density at radius 1 is 1.50 bits per heavy atom. The number of hydrogen-bond acceptors (Lipinski definition) is 4. The van der Waals surface area contributed by atoms with Gasteiger partial charge in [0.15, 0.2) is 0 Å². The summed E-state index contributed by atoms with van der Waals surface area (Å²) in [5.74, 6) is -0.621. The van der Waals surface area contributed by atoms with Crippen molar-refractivity contribution in [2.75, 3.05) is 19.6 Å². The minimum absolute atomic E-state index is 0.0932. The molecule has 1 fully saturated rings. The average Bonchev–Trinajstić information content (AvgIpc) is 2.26. The molecule has 1 aliphatic rings. The lowest BCUT2D eigenvalue weighted by molar-refractivity contribution is -0.129. The number of amides is 2. The molecule has 1 heterocycles. The molecule has 1 unspecified atom stereocenters. The van der Waals surface area contributed by atoms with Gasteiger partial charge in [0, 0.05) is 32.6 Å². The monoisotopic (exact) mass is 229 g/mol. The van der Waals surface area contributed by atoms with E-state index in [4.69, 9.17) is 5.73 Å². The molecular formula is C10H19N3O3. The first-order valence-corrected chi connectivity index (χ1v) is 5.47. The Bertz CT molecular complexity index is 262. The summed E-state index contributed by atoms with van der Waals surface area (Å²) in [6.07, 6.45) is 0.543. The second-order valence-corrected chi connectivity index (χ2v) is 4.11. The Labute approximate surface area is 94.8 Å². The second kappa shape index (κ2) is 5.81. The Kier molecular flexibility index (Phi) is 4.70. The summed E-state index contributed by atoms with van der Waals surface area (Å²) in [5, 5.41) is 12.3. The van der Waals surface area contributed by atoms with Crippen LogP contribution >= 0.6 is 0 Å². The second-order valence-electron chi connectivity index (χ2n) is 4.11. The molecule has 0 spiro atoms. The number of nitrogens with two attached hydrogens (primary N) is 1. The van der Waals surface area contributed by atoms with Gasteiger partial charge in [-0.25, -0.2) is 0 Å². The van der Waals surface area contributed by atoms with Crippen molar-refractivity contribution in [3.8, 4) is 0 Å². The highest BCUT2D eigenvalue weighted by atomic mass is 16.3. The smallest absolute Gasteiger partial charge is 0.247 e. The zero-order chi connectivity index (χ0) is 12.1. The van der Waals surface area contributed by atoms with Gasteiger partial charge >= 0.3 is 0 Å². The SMILES string of the molecule is CC(=O)N1CCC(NCC(O)C(N)=O)CC1. The highest BCUT2D eigenvalue weighted by molar-refractivity contribution is 5.78. The van der Waals surface area contributed by atoms with E-state index in [-0.39, 0.29) is 18.5 Å². The molecule has 1 rings (SSSR count). The average molecular weight is 229 g/mol. The number of aliphatic hydroxyl groups excluding tert-OH is 1. The van der Waals surface area contributed by atoms with Gasteiger partial charge in [0.1, 0.15) is 6.10 Å². The summed E-state index contributed by atoms with van der Waals surface area (Å²) in [6.45, 7) is 3.18. The molecule has 1 saturated heterocycles. The molecule has 6 nitrogen and oxygen atoms in total. The van der Waals surface area contributed by atoms with E-state index < -0.39 is 12.0 Å². The maximum Gasteiger partial charge on any atom is 0.247 e. The Morgan fingerprint density at radius 3 is 2.50 bits per heavy atom. The fraction of sp³-hybridized carbons (Fsp3) is 0.800. The van der Waals surface area contributed by atoms with Crippen LogP contribution in [-0.4, -0.2) is 53.6 Å². The lowest BCUT2D eigenvalue weighted by Gasteiger charge is -2.32. The third-order valence-electron chi connectivity index (χ3n) is 2.87. The molecule has 0 aromatic rings. The van der Waals surface area contributed by atoms with Crippen LogP contribution in [0.2, 0.25) is 0 Å². The quantitative estimate of drug-likeness (QED) is 0.543. The number of hydrogen-bond donors (Lipinski definition) is 3. The minimum atomic E-state index is -1.13. The number of rotatable bonds is 4. The number of primary amides is 1. The third-order valence-corrected chi connectivity index (χ3v) is 2.87. The molecule has 0 aromatic heterocycles. The van der Waals surface area contributed by atoms with E-state index in [1.165, 1.54) is 0 Å². The van der Waals surface area contributed by atoms with Crippen molar-refractivity contribution in [1.29, 1.82) is 0 Å². The zero-order valence-corrected chi connectivity index (χ0v) is 9.48. The lowest BCUT2D eigenvalue weighted by atomic mass is 10.0. The minimum Gasteiger partial charge on any atom is -0.382 e. The molecule has 0 saturated carbocycles. The van der Waals surface area contributed by atoms with Crippen LogP contribution in [-0.2, 0) is 9.59 Å². The highest BCUT2D eigenvalue weighted by Crippen LogP contribution is 2.10. The van der Waals surface area contributed by atoms with Gasteiger partial charge in [-0.15, -0.1) is 0 Å². The molecule has 6 heteroatoms. The normalized spacial score (nSPS) is 19.5. The van der Waals surface area contributed by atoms with E-state index in [9.17, 15) is 14.7 Å². The molecule has 92 valence electrons. The number of aliphatic hydroxyl groups is 1. The molecule has 0 aromatic carbocycles. The van der Waals surface area contributed by atoms with E-state index in [2.05, 4.69) is 5.32 Å². The van der Waals surface area contributed by atoms with Crippen molar-refractivity contribution < 1.29 is 14.7 Å². The number of piperidine rings is 1. The molecule has 1 aliphatic heterocycles. The summed E-state index contributed by atoms with van der Waals surface area (Å²) < 4.78 is 0. The van der Waals surface area contributed by atoms with Crippen molar-refractivity contribution in [3.63, 3.8) is 0 Å². The molecule has 0 radical (unpaired) electrons. The van der Waals surface area contributed by atoms with Crippen molar-refractivity contribution >= 4 is 11.8 Å². The third kappa shape index (κ3) is 3.79. The first kappa shape index (κ1) is 12.9. The summed E-state index contributed by atoms with van der Waals surface area (Å²) in [5.41, 5.74) is 4.93. The summed E-state index contributed by atoms with van der Waals surface area (Å²) in [6, 6.07) is 0.240. The van der Waals surface area contributed by atoms with E-state index in [0.717, 1.165) is 25.9 Å². The fourth-order valence-electron chi connectivity index (χ4n) is 1.78. The number of carbonyl (C=O) groups excluding carboxylic acids is 2. The summed E-state index contributed by atoms with van der Waals surface area (Å²) >= 11 is 0. The van der Waals surface area contributed by atoms with Gasteiger partial charge in [-0.1, -0.05) is 0 Å². The van der Waals surface area contributed by atoms with Crippen LogP contribution in [0.15, 0.2) is 0 Å². The first-order chi connectivity index (χ1) is 7.50. The lowest BCUT2D eigenvalue weighted by Crippen LogP contribution is -2.47. The van der Waals surface area contributed by atoms with Gasteiger partial charge in [0.2, 0.25) is 11.8 Å². The molecular weight excluding hydrogens is 210 g/mol. The number of carbonyl (C=O) groups is 2. The van der Waals surface area contributed by atoms with Crippen LogP contribution in [0.5, 0.6) is 0 Å². The Balaban J connectivity index is 2.22. The predicted octanol–water partition coefficient (Wildman–Crippen LogP) is -1.57. The maximum absolute atomic E-state index is 11.1. The van der Waals surface area contributed by atoms with E-state index in [1.807, 2.05) is 0 Å². The van der Waals surface area contributed by atoms with Crippen LogP contribution in [0.25, 0.3) is 0 Å². The molecule has 4 N–H and O–H groups in total. The summed E-state index contributed by atoms with van der Waals surface area (Å²) in [4.78, 5) is 23.5. The van der Waals surface area contributed by atoms with E-state index >= 15 is 0 Å². The van der Waals surface area contributed by atoms with Crippen LogP contribution in [0.4, 0.5) is 0 Å². The van der Waals surface area contributed by atoms with Gasteiger partial charge in [-0.3, -0.25) is 9.59 Å². The van der Waals surface area contributed by atoms with Gasteiger partial charge in [0.05, 0.1) is 0 Å². The predicted molar refractivity (Wildman–Crippen MR) is 58.5 cm³/mol. The van der Waals surface area contributed by atoms with Gasteiger partial charge in [-0.05, 0) is 12.8 Å². The summed E-state index contributed by atoms with van der Waals surface area (Å²) in [7, 11) is 0. The largest absolute Gasteiger partial charge is 0.382 e. The highest BCUT2D eigenvalue weighted by Gasteiger charge is 2.21. The molecule has 2 amide bonds. The molecule has 0 bridgehead atoms. The van der Waals surface area contributed by atoms with E-state index in [0.29, 0.717) is 0 Å². The van der Waals surface area contributed by atoms with Crippen molar-refractivity contribution in [2.45, 2.75) is 31.9 Å². The van der Waals surface area contributed by atoms with Crippen LogP contribution in [0, 0.1) is 0 Å². The van der Waals surface area contributed by atoms with Gasteiger partial charge in [-0.2, -0.15) is 0 Å². The van der Waals surface area contributed by atoms with E-state index in [1.54, 1.807) is 11.8 Å². The van der Waals surface area contributed by atoms with Gasteiger partial charge in [0.25, 0.3) is 0 Å². The van der Waals surface area contributed by atoms with Crippen LogP contribution in [0.3, 0.4) is 0 Å². The maximum atomic E-state index is 11.1. The van der Waals surface area contributed by atoms with Crippen molar-refractivity contribution in [3.05, 3.63) is 0 Å². The van der Waals surface area contributed by atoms with Crippen LogP contribution < -0.4 is 11.1 Å². The van der Waals surface area contributed by atoms with Crippen molar-refractivity contribution in [1.82, 2.24) is 10.2 Å². The number of likely N-dealkylation sites (tertiary alicyclic amines) is 1. The zero-order valence-electron chi connectivity index (χ0n) is 9.48. The number of nitrogens with zero attached hydrogens (tertiary/aromatic N) is 1. The van der Waals surface area contributed by atoms with Crippen molar-refractivity contribution in [2.24, 2.45) is 5.73 Å². The standard InChI is InChI=1S/C10H19N3O3/c1-7(14)13-4-2-8(3-5-13)12-6-9(15)10(11)16/h8-9,12,15H,2-6H2,1H3,(H2,11,16). The number of nitrogens with one attached hydrogen (secondary N) is 1. The molecule has 16 heavy (non-hydrogen) atoms. The fourth-order valence-corrected chi connectivity index (χ4v) is 1.78.